The summed E-state index contributed by atoms with van der Waals surface area (Å²) in [6.07, 6.45) is 33.5. The van der Waals surface area contributed by atoms with Gasteiger partial charge in [-0.3, -0.25) is 19.2 Å². The predicted octanol–water partition coefficient (Wildman–Crippen LogP) is -1.51. The van der Waals surface area contributed by atoms with E-state index in [0.29, 0.717) is 10.5 Å². The zero-order chi connectivity index (χ0) is 47.7. The molecule has 0 aliphatic heterocycles. The quantitative estimate of drug-likeness (QED) is 0.0391. The van der Waals surface area contributed by atoms with Crippen molar-refractivity contribution in [1.29, 1.82) is 0 Å². The first-order valence-corrected chi connectivity index (χ1v) is 23.4. The van der Waals surface area contributed by atoms with Gasteiger partial charge in [0.25, 0.3) is 0 Å². The minimum atomic E-state index is -0.909. The van der Waals surface area contributed by atoms with Crippen LogP contribution in [0.25, 0.3) is 0 Å². The summed E-state index contributed by atoms with van der Waals surface area (Å²) in [5, 5.41) is 31.4. The van der Waals surface area contributed by atoms with Crippen LogP contribution in [0.15, 0.2) is 0 Å². The molecule has 0 N–H and O–H groups in total. The second-order valence-electron chi connectivity index (χ2n) is 15.3. The van der Waals surface area contributed by atoms with Crippen molar-refractivity contribution in [3.05, 3.63) is 0 Å². The van der Waals surface area contributed by atoms with E-state index in [9.17, 15) is 48.9 Å². The Morgan fingerprint density at radius 2 is 0.462 bits per heavy atom. The van der Waals surface area contributed by atoms with Gasteiger partial charge in [-0.15, -0.1) is 0 Å². The van der Waals surface area contributed by atoms with Crippen molar-refractivity contribution >= 4 is 41.8 Å². The Labute approximate surface area is 459 Å². The first-order valence-electron chi connectivity index (χ1n) is 23.4. The zero-order valence-corrected chi connectivity index (χ0v) is 48.7. The van der Waals surface area contributed by atoms with Crippen LogP contribution in [0.3, 0.4) is 0 Å². The standard InChI is InChI=1S/3C12H24O2.C10H16N2O8.3Na/c3*1-2-3-4-5-6-7-8-9-10-11-12(13)14;1-7(13)17-11(18-8(2)14)5-6-12(19-9(3)15)20-10(4)16;;;/h3*2-11H2,1H3,(H,13,14);5-6H2,1-4H3;;;/q;;;;3*+1/p-3. The Balaban J connectivity index is -0.000000138. The summed E-state index contributed by atoms with van der Waals surface area (Å²) in [6.45, 7) is 10.6. The molecule has 0 bridgehead atoms. The fraction of sp³-hybridized carbons (Fsp3) is 0.848. The van der Waals surface area contributed by atoms with E-state index in [1.807, 2.05) is 0 Å². The summed E-state index contributed by atoms with van der Waals surface area (Å²) in [4.78, 5) is 91.7. The van der Waals surface area contributed by atoms with Gasteiger partial charge in [0.15, 0.2) is 0 Å². The molecular weight excluding hydrogens is 873 g/mol. The van der Waals surface area contributed by atoms with Gasteiger partial charge in [-0.25, -0.2) is 0 Å². The molecule has 0 saturated carbocycles. The molecule has 0 aliphatic rings. The summed E-state index contributed by atoms with van der Waals surface area (Å²) in [6, 6.07) is 0. The molecule has 366 valence electrons. The Kier molecular flexibility index (Phi) is 76.2. The zero-order valence-electron chi connectivity index (χ0n) is 42.7. The third kappa shape index (κ3) is 83.6. The number of hydrogen-bond donors (Lipinski definition) is 0. The summed E-state index contributed by atoms with van der Waals surface area (Å²) in [7, 11) is 0. The van der Waals surface area contributed by atoms with Crippen molar-refractivity contribution < 1.29 is 157 Å². The predicted molar refractivity (Wildman–Crippen MR) is 231 cm³/mol. The van der Waals surface area contributed by atoms with Crippen LogP contribution in [-0.2, 0) is 52.9 Å². The first-order chi connectivity index (χ1) is 29.5. The maximum absolute atomic E-state index is 10.8. The molecule has 0 spiro atoms. The van der Waals surface area contributed by atoms with Gasteiger partial charge >= 0.3 is 113 Å². The number of hydroxylamine groups is 4. The van der Waals surface area contributed by atoms with Gasteiger partial charge in [0, 0.05) is 56.1 Å². The Morgan fingerprint density at radius 1 is 0.308 bits per heavy atom. The topological polar surface area (TPSA) is 232 Å². The van der Waals surface area contributed by atoms with E-state index in [4.69, 9.17) is 0 Å². The second kappa shape index (κ2) is 63.2. The smallest absolute Gasteiger partial charge is 0.550 e. The molecule has 0 aliphatic carbocycles. The van der Waals surface area contributed by atoms with E-state index in [2.05, 4.69) is 40.1 Å². The van der Waals surface area contributed by atoms with E-state index >= 15 is 0 Å². The summed E-state index contributed by atoms with van der Waals surface area (Å²) >= 11 is 0. The van der Waals surface area contributed by atoms with Crippen molar-refractivity contribution in [3.8, 4) is 0 Å². The van der Waals surface area contributed by atoms with Crippen LogP contribution in [0.2, 0.25) is 0 Å². The van der Waals surface area contributed by atoms with E-state index in [1.165, 1.54) is 135 Å². The van der Waals surface area contributed by atoms with Gasteiger partial charge in [-0.1, -0.05) is 175 Å². The third-order valence-electron chi connectivity index (χ3n) is 8.84. The minimum absolute atomic E-state index is 0. The normalized spacial score (nSPS) is 9.80. The molecular formula is C46H85N2Na3O14. The van der Waals surface area contributed by atoms with E-state index < -0.39 is 41.8 Å². The molecule has 0 heterocycles. The molecule has 0 aromatic carbocycles. The molecule has 0 saturated heterocycles. The monoisotopic (exact) mass is 959 g/mol. The van der Waals surface area contributed by atoms with Gasteiger partial charge < -0.3 is 49.1 Å². The van der Waals surface area contributed by atoms with Crippen LogP contribution < -0.4 is 104 Å². The van der Waals surface area contributed by atoms with Crippen molar-refractivity contribution in [2.45, 2.75) is 241 Å². The maximum atomic E-state index is 10.8. The Hall–Kier alpha value is -0.790. The number of nitrogens with zero attached hydrogens (tertiary/aromatic N) is 2. The van der Waals surface area contributed by atoms with Gasteiger partial charge in [0.2, 0.25) is 0 Å². The van der Waals surface area contributed by atoms with Crippen molar-refractivity contribution in [2.24, 2.45) is 0 Å². The maximum Gasteiger partial charge on any atom is 1.00 e. The number of unbranched alkanes of at least 4 members (excludes halogenated alkanes) is 24. The fourth-order valence-corrected chi connectivity index (χ4v) is 5.70. The molecule has 0 aromatic rings. The summed E-state index contributed by atoms with van der Waals surface area (Å²) < 4.78 is 0. The molecule has 0 aromatic heterocycles. The number of rotatable bonds is 37. The molecule has 65 heavy (non-hydrogen) atoms. The van der Waals surface area contributed by atoms with Crippen LogP contribution in [0.1, 0.15) is 241 Å². The van der Waals surface area contributed by atoms with Gasteiger partial charge in [0.05, 0.1) is 13.1 Å². The number of aliphatic carboxylic acids is 3. The van der Waals surface area contributed by atoms with Crippen molar-refractivity contribution in [3.63, 3.8) is 0 Å². The number of carbonyl (C=O) groups excluding carboxylic acids is 7. The molecule has 16 nitrogen and oxygen atoms in total. The largest absolute Gasteiger partial charge is 1.00 e. The molecule has 0 radical (unpaired) electrons. The van der Waals surface area contributed by atoms with Crippen LogP contribution in [-0.4, -0.2) is 65.3 Å². The Morgan fingerprint density at radius 3 is 0.600 bits per heavy atom. The molecule has 0 atom stereocenters. The van der Waals surface area contributed by atoms with E-state index in [-0.39, 0.29) is 121 Å². The number of carboxylic acid groups (broad SMARTS) is 3. The van der Waals surface area contributed by atoms with Gasteiger partial charge in [-0.05, 0) is 38.5 Å². The van der Waals surface area contributed by atoms with Crippen molar-refractivity contribution in [2.75, 3.05) is 13.1 Å². The average Bonchev–Trinajstić information content (AvgIpc) is 3.17. The number of carboxylic acids is 3. The molecule has 0 fully saturated rings. The average molecular weight is 959 g/mol. The summed E-state index contributed by atoms with van der Waals surface area (Å²) in [5.74, 6) is -5.63. The van der Waals surface area contributed by atoms with Crippen LogP contribution in [0, 0.1) is 0 Å². The molecule has 0 rings (SSSR count). The molecule has 0 amide bonds. The van der Waals surface area contributed by atoms with E-state index in [1.54, 1.807) is 0 Å². The van der Waals surface area contributed by atoms with Gasteiger partial charge in [-0.2, -0.15) is 0 Å². The minimum Gasteiger partial charge on any atom is -0.550 e. The van der Waals surface area contributed by atoms with Crippen molar-refractivity contribution in [1.82, 2.24) is 10.5 Å². The third-order valence-corrected chi connectivity index (χ3v) is 8.84. The number of carbonyl (C=O) groups is 7. The van der Waals surface area contributed by atoms with Crippen LogP contribution >= 0.6 is 0 Å². The van der Waals surface area contributed by atoms with Crippen LogP contribution in [0.4, 0.5) is 0 Å². The summed E-state index contributed by atoms with van der Waals surface area (Å²) in [5.41, 5.74) is 0. The fourth-order valence-electron chi connectivity index (χ4n) is 5.70. The molecule has 0 unspecified atom stereocenters. The first kappa shape index (κ1) is 78.4. The second-order valence-corrected chi connectivity index (χ2v) is 15.3. The SMILES string of the molecule is CC(=O)ON(CCN(OC(C)=O)OC(C)=O)OC(C)=O.CCCCCCCCCCCC(=O)[O-].CCCCCCCCCCCC(=O)[O-].CCCCCCCCCCCC(=O)[O-].[Na+].[Na+].[Na+]. The van der Waals surface area contributed by atoms with Crippen LogP contribution in [0.5, 0.6) is 0 Å². The molecule has 19 heteroatoms. The number of hydrogen-bond acceptors (Lipinski definition) is 16. The Bertz CT molecular complexity index is 979. The van der Waals surface area contributed by atoms with E-state index in [0.717, 1.165) is 66.2 Å². The van der Waals surface area contributed by atoms with Gasteiger partial charge in [0.1, 0.15) is 0 Å².